The van der Waals surface area contributed by atoms with E-state index in [2.05, 4.69) is 4.98 Å². The van der Waals surface area contributed by atoms with Crippen molar-refractivity contribution in [2.24, 2.45) is 5.73 Å². The van der Waals surface area contributed by atoms with E-state index in [1.807, 2.05) is 0 Å². The van der Waals surface area contributed by atoms with Crippen molar-refractivity contribution in [2.75, 3.05) is 42.7 Å². The van der Waals surface area contributed by atoms with Gasteiger partial charge in [0.2, 0.25) is 5.91 Å². The van der Waals surface area contributed by atoms with Gasteiger partial charge in [-0.25, -0.2) is 0 Å². The maximum atomic E-state index is 11.9. The van der Waals surface area contributed by atoms with Crippen molar-refractivity contribution < 1.29 is 92.6 Å². The number of nitrogens with two attached hydrogens (primary N) is 1. The molecule has 0 aliphatic rings. The number of ether oxygens (including phenoxy) is 6. The Hall–Kier alpha value is -12.0. The van der Waals surface area contributed by atoms with Crippen molar-refractivity contribution in [1.29, 1.82) is 0 Å². The molecule has 466 valence electrons. The molecule has 0 spiro atoms. The number of phenols is 6. The highest BCUT2D eigenvalue weighted by Gasteiger charge is 2.10. The van der Waals surface area contributed by atoms with E-state index in [-0.39, 0.29) is 88.5 Å². The third kappa shape index (κ3) is 24.5. The Labute approximate surface area is 518 Å². The molecule has 0 saturated heterocycles. The summed E-state index contributed by atoms with van der Waals surface area (Å²) in [7, 11) is 8.60. The van der Waals surface area contributed by atoms with E-state index in [0.717, 1.165) is 0 Å². The zero-order valence-electron chi connectivity index (χ0n) is 49.8. The van der Waals surface area contributed by atoms with Gasteiger partial charge in [0.25, 0.3) is 0 Å². The predicted octanol–water partition coefficient (Wildman–Crippen LogP) is 10.3. The van der Waals surface area contributed by atoms with Crippen molar-refractivity contribution >= 4 is 77.1 Å². The highest BCUT2D eigenvalue weighted by atomic mass is 16.5. The lowest BCUT2D eigenvalue weighted by atomic mass is 10.1. The number of aromatic hydroxyl groups is 6. The van der Waals surface area contributed by atoms with Gasteiger partial charge in [-0.1, -0.05) is 72.9 Å². The second kappa shape index (κ2) is 36.8. The maximum Gasteiger partial charge on any atom is 0.250 e. The van der Waals surface area contributed by atoms with E-state index >= 15 is 0 Å². The second-order valence-electron chi connectivity index (χ2n) is 18.5. The average molecular weight is 1230 g/mol. The molecule has 7 rings (SSSR count). The van der Waals surface area contributed by atoms with Crippen LogP contribution in [0.15, 0.2) is 170 Å². The Kier molecular flexibility index (Phi) is 28.8. The largest absolute Gasteiger partial charge is 0.504 e. The standard InChI is InChI=1S/3C21H20O6.C6H6N2O/c3*1-26-20-11-14(5-9-18(20)24)3-7-16(22)13-17(23)8-4-15-6-10-19(25)21(12-15)27-2;7-6(9)5-2-1-3-8-4-5/h3*3-12,24-25H,13H2,1-2H3;1-4H,(H2,7,9)/b3*7-3+,8-4+;. The van der Waals surface area contributed by atoms with Crippen LogP contribution in [0, 0.1) is 0 Å². The highest BCUT2D eigenvalue weighted by molar-refractivity contribution is 6.12. The third-order valence-corrected chi connectivity index (χ3v) is 12.0. The van der Waals surface area contributed by atoms with Gasteiger partial charge < -0.3 is 64.8 Å². The summed E-state index contributed by atoms with van der Waals surface area (Å²) < 4.78 is 30.0. The first-order valence-electron chi connectivity index (χ1n) is 26.8. The van der Waals surface area contributed by atoms with Crippen LogP contribution in [-0.4, -0.2) is 119 Å². The minimum atomic E-state index is -0.442. The Balaban J connectivity index is 0.000000269. The first-order valence-corrected chi connectivity index (χ1v) is 26.8. The fourth-order valence-corrected chi connectivity index (χ4v) is 7.30. The van der Waals surface area contributed by atoms with E-state index in [0.29, 0.717) is 73.4 Å². The molecule has 0 radical (unpaired) electrons. The number of pyridine rings is 1. The summed E-state index contributed by atoms with van der Waals surface area (Å²) in [4.78, 5) is 85.7. The third-order valence-electron chi connectivity index (χ3n) is 12.0. The number of aromatic nitrogens is 1. The molecule has 21 heteroatoms. The Bertz CT molecular complexity index is 3270. The number of nitrogens with zero attached hydrogens (tertiary/aromatic N) is 1. The molecule has 0 unspecified atom stereocenters. The monoisotopic (exact) mass is 1230 g/mol. The highest BCUT2D eigenvalue weighted by Crippen LogP contribution is 2.31. The minimum absolute atomic E-state index is 0.00662. The first kappa shape index (κ1) is 70.5. The smallest absolute Gasteiger partial charge is 0.250 e. The SMILES string of the molecule is COc1cc(/C=C/C(=O)CC(=O)/C=C/c2ccc(O)c(OC)c2)ccc1O.COc1cc(/C=C/C(=O)CC(=O)/C=C/c2ccc(O)c(OC)c2)ccc1O.COc1cc(/C=C/C(=O)CC(=O)/C=C/c2ccc(O)c(OC)c2)ccc1O.NC(=O)c1cccnc1. The number of carbonyl (C=O) groups is 7. The lowest BCUT2D eigenvalue weighted by Crippen LogP contribution is -2.10. The number of ketones is 6. The number of hydrogen-bond acceptors (Lipinski definition) is 20. The molecule has 0 atom stereocenters. The number of methoxy groups -OCH3 is 6. The van der Waals surface area contributed by atoms with Gasteiger partial charge in [-0.15, -0.1) is 0 Å². The van der Waals surface area contributed by atoms with Gasteiger partial charge >= 0.3 is 0 Å². The summed E-state index contributed by atoms with van der Waals surface area (Å²) in [6.07, 6.45) is 19.3. The van der Waals surface area contributed by atoms with Gasteiger partial charge in [0.05, 0.1) is 67.5 Å². The number of rotatable bonds is 25. The van der Waals surface area contributed by atoms with Crippen molar-refractivity contribution in [3.8, 4) is 69.0 Å². The van der Waals surface area contributed by atoms with E-state index in [4.69, 9.17) is 34.2 Å². The molecule has 1 amide bonds. The van der Waals surface area contributed by atoms with Crippen LogP contribution in [0.4, 0.5) is 0 Å². The van der Waals surface area contributed by atoms with Crippen LogP contribution in [0.3, 0.4) is 0 Å². The second-order valence-corrected chi connectivity index (χ2v) is 18.5. The molecular weight excluding hydrogens is 1160 g/mol. The molecule has 0 fully saturated rings. The molecule has 21 nitrogen and oxygen atoms in total. The maximum absolute atomic E-state index is 11.9. The normalized spacial score (nSPS) is 10.8. The molecule has 0 saturated carbocycles. The van der Waals surface area contributed by atoms with E-state index in [9.17, 15) is 64.2 Å². The number of allylic oxidation sites excluding steroid dienone is 6. The number of primary amides is 1. The quantitative estimate of drug-likeness (QED) is 0.0206. The van der Waals surface area contributed by atoms with Crippen LogP contribution in [0.1, 0.15) is 63.0 Å². The fraction of sp³-hybridized carbons (Fsp3) is 0.130. The van der Waals surface area contributed by atoms with Gasteiger partial charge in [0.1, 0.15) is 0 Å². The number of benzene rings is 6. The lowest BCUT2D eigenvalue weighted by molar-refractivity contribution is -0.123. The van der Waals surface area contributed by atoms with Crippen LogP contribution < -0.4 is 34.2 Å². The number of hydrogen-bond donors (Lipinski definition) is 7. The molecule has 8 N–H and O–H groups in total. The molecular formula is C69H66N2O19. The van der Waals surface area contributed by atoms with E-state index in [1.54, 1.807) is 128 Å². The van der Waals surface area contributed by atoms with Crippen molar-refractivity contribution in [3.05, 3.63) is 209 Å². The summed E-state index contributed by atoms with van der Waals surface area (Å²) in [6, 6.07) is 31.3. The van der Waals surface area contributed by atoms with Gasteiger partial charge in [-0.3, -0.25) is 38.5 Å². The zero-order chi connectivity index (χ0) is 66.1. The zero-order valence-corrected chi connectivity index (χ0v) is 49.8. The van der Waals surface area contributed by atoms with Crippen LogP contribution in [0.5, 0.6) is 69.0 Å². The van der Waals surface area contributed by atoms with Gasteiger partial charge in [-0.05, 0) is 155 Å². The number of amides is 1. The molecule has 0 aliphatic heterocycles. The van der Waals surface area contributed by atoms with Gasteiger partial charge in [-0.2, -0.15) is 0 Å². The topological polar surface area (TPSA) is 335 Å². The molecule has 6 aromatic carbocycles. The van der Waals surface area contributed by atoms with Crippen LogP contribution in [0.2, 0.25) is 0 Å². The fourth-order valence-electron chi connectivity index (χ4n) is 7.30. The van der Waals surface area contributed by atoms with Crippen molar-refractivity contribution in [1.82, 2.24) is 4.98 Å². The van der Waals surface area contributed by atoms with Gasteiger partial charge in [0.15, 0.2) is 104 Å². The summed E-state index contributed by atoms with van der Waals surface area (Å²) in [5.74, 6) is -0.691. The summed E-state index contributed by atoms with van der Waals surface area (Å²) >= 11 is 0. The molecule has 7 aromatic rings. The minimum Gasteiger partial charge on any atom is -0.504 e. The Morgan fingerprint density at radius 1 is 0.344 bits per heavy atom. The van der Waals surface area contributed by atoms with Crippen LogP contribution in [0.25, 0.3) is 36.5 Å². The van der Waals surface area contributed by atoms with E-state index < -0.39 is 5.91 Å². The Morgan fingerprint density at radius 2 is 0.544 bits per heavy atom. The Morgan fingerprint density at radius 3 is 0.689 bits per heavy atom. The summed E-state index contributed by atoms with van der Waals surface area (Å²) in [5.41, 5.74) is 9.36. The van der Waals surface area contributed by atoms with Crippen molar-refractivity contribution in [3.63, 3.8) is 0 Å². The van der Waals surface area contributed by atoms with E-state index in [1.165, 1.54) is 122 Å². The predicted molar refractivity (Wildman–Crippen MR) is 339 cm³/mol. The van der Waals surface area contributed by atoms with Crippen LogP contribution >= 0.6 is 0 Å². The summed E-state index contributed by atoms with van der Waals surface area (Å²) in [6.45, 7) is 0. The molecule has 1 aromatic heterocycles. The lowest BCUT2D eigenvalue weighted by Gasteiger charge is -2.03. The molecule has 1 heterocycles. The number of carbonyl (C=O) groups excluding carboxylic acids is 7. The molecule has 90 heavy (non-hydrogen) atoms. The first-order chi connectivity index (χ1) is 43.1. The van der Waals surface area contributed by atoms with Crippen LogP contribution in [-0.2, 0) is 28.8 Å². The summed E-state index contributed by atoms with van der Waals surface area (Å²) in [5, 5.41) is 57.3. The average Bonchev–Trinajstić information content (AvgIpc) is 2.53. The number of phenolic OH excluding ortho intramolecular Hbond substituents is 6. The van der Waals surface area contributed by atoms with Crippen molar-refractivity contribution in [2.45, 2.75) is 19.3 Å². The van der Waals surface area contributed by atoms with Gasteiger partial charge in [0, 0.05) is 12.4 Å². The molecule has 0 aliphatic carbocycles. The molecule has 0 bridgehead atoms.